The minimum atomic E-state index is -0.529. The molecule has 2 N–H and O–H groups in total. The highest BCUT2D eigenvalue weighted by Gasteiger charge is 2.09. The zero-order valence-corrected chi connectivity index (χ0v) is 13.2. The summed E-state index contributed by atoms with van der Waals surface area (Å²) in [6.45, 7) is 0. The van der Waals surface area contributed by atoms with Crippen LogP contribution in [0.25, 0.3) is 11.4 Å². The van der Waals surface area contributed by atoms with Crippen LogP contribution in [-0.2, 0) is 0 Å². The van der Waals surface area contributed by atoms with Gasteiger partial charge in [0.2, 0.25) is 0 Å². The summed E-state index contributed by atoms with van der Waals surface area (Å²) in [6, 6.07) is 11.9. The minimum Gasteiger partial charge on any atom is -0.359 e. The monoisotopic (exact) mass is 344 g/mol. The number of halogens is 2. The number of hydrogen-bond acceptors (Lipinski definition) is 4. The van der Waals surface area contributed by atoms with Crippen LogP contribution in [0.15, 0.2) is 53.7 Å². The maximum absolute atomic E-state index is 13.9. The summed E-state index contributed by atoms with van der Waals surface area (Å²) in [7, 11) is 0. The Bertz CT molecular complexity index is 874. The molecule has 0 aliphatic heterocycles. The molecular formula is C16H10ClFN4S. The van der Waals surface area contributed by atoms with Gasteiger partial charge in [-0.1, -0.05) is 17.7 Å². The zero-order chi connectivity index (χ0) is 16.2. The predicted molar refractivity (Wildman–Crippen MR) is 89.6 cm³/mol. The Labute approximate surface area is 141 Å². The molecule has 0 spiro atoms. The average molecular weight is 345 g/mol. The first kappa shape index (κ1) is 15.4. The Kier molecular flexibility index (Phi) is 4.51. The van der Waals surface area contributed by atoms with Crippen molar-refractivity contribution in [3.63, 3.8) is 0 Å². The molecule has 2 aromatic heterocycles. The lowest BCUT2D eigenvalue weighted by Crippen LogP contribution is -1.92. The van der Waals surface area contributed by atoms with Gasteiger partial charge >= 0.3 is 0 Å². The van der Waals surface area contributed by atoms with Gasteiger partial charge in [-0.3, -0.25) is 4.98 Å². The Morgan fingerprint density at radius 1 is 1.30 bits per heavy atom. The van der Waals surface area contributed by atoms with Crippen LogP contribution >= 0.6 is 23.5 Å². The maximum Gasteiger partial charge on any atom is 0.148 e. The van der Waals surface area contributed by atoms with Crippen LogP contribution < -0.4 is 4.72 Å². The first-order valence-corrected chi connectivity index (χ1v) is 7.78. The van der Waals surface area contributed by atoms with E-state index in [1.807, 2.05) is 30.3 Å². The summed E-state index contributed by atoms with van der Waals surface area (Å²) in [5.74, 6) is -0.529. The smallest absolute Gasteiger partial charge is 0.148 e. The molecule has 3 aromatic rings. The summed E-state index contributed by atoms with van der Waals surface area (Å²) >= 11 is 7.15. The Hall–Kier alpha value is -2.49. The van der Waals surface area contributed by atoms with E-state index < -0.39 is 5.82 Å². The molecule has 0 aliphatic carbocycles. The van der Waals surface area contributed by atoms with Gasteiger partial charge < -0.3 is 9.71 Å². The molecule has 23 heavy (non-hydrogen) atoms. The van der Waals surface area contributed by atoms with E-state index in [0.29, 0.717) is 0 Å². The van der Waals surface area contributed by atoms with Crippen LogP contribution in [0.4, 0.5) is 10.1 Å². The number of nitriles is 1. The van der Waals surface area contributed by atoms with Crippen molar-refractivity contribution in [2.45, 2.75) is 4.90 Å². The molecule has 4 nitrogen and oxygen atoms in total. The van der Waals surface area contributed by atoms with Gasteiger partial charge in [-0.15, -0.1) is 0 Å². The van der Waals surface area contributed by atoms with Crippen molar-refractivity contribution in [1.82, 2.24) is 9.97 Å². The lowest BCUT2D eigenvalue weighted by molar-refractivity contribution is 0.632. The molecule has 1 aromatic carbocycles. The highest BCUT2D eigenvalue weighted by atomic mass is 35.5. The number of nitrogens with one attached hydrogen (secondary N) is 2. The number of benzene rings is 1. The van der Waals surface area contributed by atoms with Gasteiger partial charge in [0.1, 0.15) is 11.9 Å². The van der Waals surface area contributed by atoms with Gasteiger partial charge in [-0.2, -0.15) is 5.26 Å². The van der Waals surface area contributed by atoms with E-state index in [0.717, 1.165) is 22.3 Å². The van der Waals surface area contributed by atoms with Gasteiger partial charge in [0.05, 0.1) is 27.7 Å². The Morgan fingerprint density at radius 3 is 2.91 bits per heavy atom. The molecule has 0 unspecified atom stereocenters. The molecule has 114 valence electrons. The molecular weight excluding hydrogens is 335 g/mol. The maximum atomic E-state index is 13.9. The van der Waals surface area contributed by atoms with Crippen LogP contribution in [0.2, 0.25) is 5.02 Å². The fourth-order valence-corrected chi connectivity index (χ4v) is 2.81. The van der Waals surface area contributed by atoms with E-state index in [4.69, 9.17) is 16.9 Å². The first-order chi connectivity index (χ1) is 11.2. The zero-order valence-electron chi connectivity index (χ0n) is 11.7. The van der Waals surface area contributed by atoms with Crippen molar-refractivity contribution >= 4 is 29.2 Å². The third-order valence-corrected chi connectivity index (χ3v) is 4.16. The minimum absolute atomic E-state index is 0.110. The number of pyridine rings is 1. The van der Waals surface area contributed by atoms with Gasteiger partial charge in [0.25, 0.3) is 0 Å². The standard InChI is InChI=1S/C16H10ClFN4S/c17-12-7-15(13(18)5-10(12)8-19)22-23-11-6-16(21-9-11)14-3-1-2-4-20-14/h1-7,9,21-22H. The lowest BCUT2D eigenvalue weighted by Gasteiger charge is -2.06. The quantitative estimate of drug-likeness (QED) is 0.663. The number of rotatable bonds is 4. The number of hydrogen-bond donors (Lipinski definition) is 2. The SMILES string of the molecule is N#Cc1cc(F)c(NSc2c[nH]c(-c3ccccn3)c2)cc1Cl. The van der Waals surface area contributed by atoms with Gasteiger partial charge in [-0.05, 0) is 42.3 Å². The van der Waals surface area contributed by atoms with Crippen molar-refractivity contribution in [2.24, 2.45) is 0 Å². The van der Waals surface area contributed by atoms with Gasteiger partial charge in [0.15, 0.2) is 0 Å². The number of anilines is 1. The number of H-pyrrole nitrogens is 1. The fourth-order valence-electron chi connectivity index (χ4n) is 1.93. The lowest BCUT2D eigenvalue weighted by atomic mass is 10.2. The summed E-state index contributed by atoms with van der Waals surface area (Å²) < 4.78 is 16.8. The van der Waals surface area contributed by atoms with E-state index in [1.165, 1.54) is 18.0 Å². The van der Waals surface area contributed by atoms with Gasteiger partial charge in [0, 0.05) is 17.3 Å². The molecule has 0 amide bonds. The first-order valence-electron chi connectivity index (χ1n) is 6.59. The molecule has 0 fully saturated rings. The predicted octanol–water partition coefficient (Wildman–Crippen LogP) is 4.86. The van der Waals surface area contributed by atoms with Crippen LogP contribution in [0.1, 0.15) is 5.56 Å². The Balaban J connectivity index is 1.74. The molecule has 0 saturated heterocycles. The summed E-state index contributed by atoms with van der Waals surface area (Å²) in [5.41, 5.74) is 2.03. The molecule has 0 saturated carbocycles. The van der Waals surface area contributed by atoms with E-state index >= 15 is 0 Å². The third-order valence-electron chi connectivity index (χ3n) is 3.05. The number of nitrogens with zero attached hydrogens (tertiary/aromatic N) is 2. The third kappa shape index (κ3) is 3.47. The topological polar surface area (TPSA) is 64.5 Å². The van der Waals surface area contributed by atoms with Crippen molar-refractivity contribution in [3.05, 3.63) is 65.2 Å². The highest BCUT2D eigenvalue weighted by molar-refractivity contribution is 8.00. The molecule has 0 aliphatic rings. The van der Waals surface area contributed by atoms with Crippen molar-refractivity contribution in [2.75, 3.05) is 4.72 Å². The Morgan fingerprint density at radius 2 is 2.17 bits per heavy atom. The van der Waals surface area contributed by atoms with Crippen LogP contribution in [0.5, 0.6) is 0 Å². The van der Waals surface area contributed by atoms with E-state index in [2.05, 4.69) is 14.7 Å². The number of aromatic amines is 1. The summed E-state index contributed by atoms with van der Waals surface area (Å²) in [4.78, 5) is 8.24. The number of aromatic nitrogens is 2. The second kappa shape index (κ2) is 6.73. The molecule has 0 atom stereocenters. The van der Waals surface area contributed by atoms with Crippen molar-refractivity contribution < 1.29 is 4.39 Å². The fraction of sp³-hybridized carbons (Fsp3) is 0. The van der Waals surface area contributed by atoms with Crippen molar-refractivity contribution in [1.29, 1.82) is 5.26 Å². The summed E-state index contributed by atoms with van der Waals surface area (Å²) in [6.07, 6.45) is 3.51. The molecule has 2 heterocycles. The molecule has 3 rings (SSSR count). The molecule has 7 heteroatoms. The van der Waals surface area contributed by atoms with E-state index in [9.17, 15) is 4.39 Å². The molecule has 0 radical (unpaired) electrons. The molecule has 0 bridgehead atoms. The second-order valence-corrected chi connectivity index (χ2v) is 5.88. The summed E-state index contributed by atoms with van der Waals surface area (Å²) in [5, 5.41) is 9.02. The van der Waals surface area contributed by atoms with Crippen LogP contribution in [0, 0.1) is 17.1 Å². The van der Waals surface area contributed by atoms with E-state index in [1.54, 1.807) is 12.4 Å². The highest BCUT2D eigenvalue weighted by Crippen LogP contribution is 2.29. The van der Waals surface area contributed by atoms with Crippen molar-refractivity contribution in [3.8, 4) is 17.5 Å². The van der Waals surface area contributed by atoms with Crippen LogP contribution in [-0.4, -0.2) is 9.97 Å². The normalized spacial score (nSPS) is 10.3. The van der Waals surface area contributed by atoms with Crippen LogP contribution in [0.3, 0.4) is 0 Å². The van der Waals surface area contributed by atoms with E-state index in [-0.39, 0.29) is 16.3 Å². The second-order valence-electron chi connectivity index (χ2n) is 4.59. The van der Waals surface area contributed by atoms with Gasteiger partial charge in [-0.25, -0.2) is 4.39 Å². The average Bonchev–Trinajstić information content (AvgIpc) is 3.05. The largest absolute Gasteiger partial charge is 0.359 e.